The lowest BCUT2D eigenvalue weighted by Crippen LogP contribution is -2.05. The third-order valence-corrected chi connectivity index (χ3v) is 3.37. The zero-order valence-electron chi connectivity index (χ0n) is 9.66. The molecule has 0 atom stereocenters. The molecule has 1 rings (SSSR count). The summed E-state index contributed by atoms with van der Waals surface area (Å²) in [5.74, 6) is -0.612. The van der Waals surface area contributed by atoms with Crippen LogP contribution in [0.25, 0.3) is 0 Å². The first-order valence-corrected chi connectivity index (χ1v) is 6.69. The third-order valence-electron chi connectivity index (χ3n) is 2.43. The van der Waals surface area contributed by atoms with Gasteiger partial charge in [0.2, 0.25) is 0 Å². The number of unbranched alkanes of at least 4 members (excludes halogenated alkanes) is 1. The first-order chi connectivity index (χ1) is 8.27. The van der Waals surface area contributed by atoms with Crippen LogP contribution in [0.2, 0.25) is 0 Å². The fourth-order valence-electron chi connectivity index (χ4n) is 1.55. The maximum Gasteiger partial charge on any atom is 0.312 e. The fourth-order valence-corrected chi connectivity index (χ4v) is 2.30. The van der Waals surface area contributed by atoms with E-state index in [-0.39, 0.29) is 5.56 Å². The van der Waals surface area contributed by atoms with E-state index in [4.69, 9.17) is 4.55 Å². The highest BCUT2D eigenvalue weighted by Crippen LogP contribution is 2.32. The van der Waals surface area contributed by atoms with Crippen LogP contribution >= 0.6 is 0 Å². The summed E-state index contributed by atoms with van der Waals surface area (Å²) in [7, 11) is -4.55. The first-order valence-electron chi connectivity index (χ1n) is 5.25. The van der Waals surface area contributed by atoms with Gasteiger partial charge in [-0.05, 0) is 24.5 Å². The van der Waals surface area contributed by atoms with Gasteiger partial charge in [0.1, 0.15) is 4.90 Å². The van der Waals surface area contributed by atoms with E-state index in [0.717, 1.165) is 12.5 Å². The molecule has 0 spiro atoms. The summed E-state index contributed by atoms with van der Waals surface area (Å²) >= 11 is 0. The van der Waals surface area contributed by atoms with E-state index in [2.05, 4.69) is 0 Å². The van der Waals surface area contributed by atoms with Crippen LogP contribution in [0.1, 0.15) is 25.3 Å². The monoisotopic (exact) mass is 275 g/mol. The predicted molar refractivity (Wildman–Crippen MR) is 63.2 cm³/mol. The molecule has 0 fully saturated rings. The van der Waals surface area contributed by atoms with Gasteiger partial charge in [0.15, 0.2) is 5.75 Å². The zero-order valence-corrected chi connectivity index (χ0v) is 10.5. The van der Waals surface area contributed by atoms with Crippen molar-refractivity contribution in [1.82, 2.24) is 0 Å². The number of aromatic hydroxyl groups is 1. The van der Waals surface area contributed by atoms with Crippen molar-refractivity contribution in [2.45, 2.75) is 31.1 Å². The van der Waals surface area contributed by atoms with E-state index in [0.29, 0.717) is 18.9 Å². The topological polar surface area (TPSA) is 118 Å². The van der Waals surface area contributed by atoms with Crippen LogP contribution in [0, 0.1) is 10.1 Å². The third kappa shape index (κ3) is 3.17. The number of phenols is 1. The van der Waals surface area contributed by atoms with E-state index < -0.39 is 31.4 Å². The maximum atomic E-state index is 11.2. The van der Waals surface area contributed by atoms with Gasteiger partial charge in [-0.25, -0.2) is 0 Å². The minimum absolute atomic E-state index is 0.169. The van der Waals surface area contributed by atoms with E-state index in [1.54, 1.807) is 0 Å². The van der Waals surface area contributed by atoms with Crippen LogP contribution < -0.4 is 0 Å². The summed E-state index contributed by atoms with van der Waals surface area (Å²) in [6.45, 7) is 1.89. The average Bonchev–Trinajstić information content (AvgIpc) is 2.23. The molecule has 2 N–H and O–H groups in total. The Morgan fingerprint density at radius 3 is 2.44 bits per heavy atom. The number of hydrogen-bond acceptors (Lipinski definition) is 5. The lowest BCUT2D eigenvalue weighted by molar-refractivity contribution is -0.386. The van der Waals surface area contributed by atoms with Crippen LogP contribution in [0.5, 0.6) is 5.75 Å². The SMILES string of the molecule is CCCCc1cc(O)c([N+](=O)[O-])cc1S(=O)(=O)O. The van der Waals surface area contributed by atoms with Gasteiger partial charge in [0.25, 0.3) is 10.1 Å². The van der Waals surface area contributed by atoms with Crippen molar-refractivity contribution >= 4 is 15.8 Å². The quantitative estimate of drug-likeness (QED) is 0.481. The second kappa shape index (κ2) is 5.32. The molecule has 18 heavy (non-hydrogen) atoms. The van der Waals surface area contributed by atoms with Crippen LogP contribution in [0.3, 0.4) is 0 Å². The molecule has 1 aromatic carbocycles. The molecule has 0 radical (unpaired) electrons. The van der Waals surface area contributed by atoms with Crippen LogP contribution in [0.15, 0.2) is 17.0 Å². The van der Waals surface area contributed by atoms with Gasteiger partial charge in [0.05, 0.1) is 4.92 Å². The summed E-state index contributed by atoms with van der Waals surface area (Å²) in [5.41, 5.74) is -0.578. The Morgan fingerprint density at radius 2 is 2.00 bits per heavy atom. The number of benzene rings is 1. The highest BCUT2D eigenvalue weighted by atomic mass is 32.2. The Bertz CT molecular complexity index is 566. The van der Waals surface area contributed by atoms with Gasteiger partial charge in [-0.15, -0.1) is 0 Å². The predicted octanol–water partition coefficient (Wildman–Crippen LogP) is 1.89. The molecule has 8 heteroatoms. The number of hydrogen-bond donors (Lipinski definition) is 2. The lowest BCUT2D eigenvalue weighted by Gasteiger charge is -2.07. The highest BCUT2D eigenvalue weighted by Gasteiger charge is 2.23. The minimum Gasteiger partial charge on any atom is -0.502 e. The largest absolute Gasteiger partial charge is 0.502 e. The van der Waals surface area contributed by atoms with Crippen molar-refractivity contribution in [2.24, 2.45) is 0 Å². The number of phenolic OH excluding ortho intramolecular Hbond substituents is 1. The summed E-state index contributed by atoms with van der Waals surface area (Å²) < 4.78 is 31.3. The molecule has 0 heterocycles. The molecule has 0 bridgehead atoms. The minimum atomic E-state index is -4.55. The number of nitro benzene ring substituents is 1. The molecule has 0 aromatic heterocycles. The second-order valence-corrected chi connectivity index (χ2v) is 5.17. The van der Waals surface area contributed by atoms with Crippen molar-refractivity contribution < 1.29 is 23.0 Å². The Morgan fingerprint density at radius 1 is 1.39 bits per heavy atom. The van der Waals surface area contributed by atoms with Gasteiger partial charge in [0, 0.05) is 6.07 Å². The average molecular weight is 275 g/mol. The summed E-state index contributed by atoms with van der Waals surface area (Å²) in [4.78, 5) is 9.16. The van der Waals surface area contributed by atoms with Gasteiger partial charge in [-0.3, -0.25) is 14.7 Å². The zero-order chi connectivity index (χ0) is 13.9. The number of nitro groups is 1. The van der Waals surface area contributed by atoms with Crippen LogP contribution in [0.4, 0.5) is 5.69 Å². The molecule has 0 aliphatic heterocycles. The first kappa shape index (κ1) is 14.4. The van der Waals surface area contributed by atoms with Gasteiger partial charge < -0.3 is 5.11 Å². The molecule has 0 unspecified atom stereocenters. The van der Waals surface area contributed by atoms with Crippen molar-refractivity contribution in [3.8, 4) is 5.75 Å². The molecule has 0 aliphatic rings. The Labute approximate surface area is 104 Å². The standard InChI is InChI=1S/C10H13NO6S/c1-2-3-4-7-5-9(12)8(11(13)14)6-10(7)18(15,16)17/h5-6,12H,2-4H2,1H3,(H,15,16,17). The lowest BCUT2D eigenvalue weighted by atomic mass is 10.1. The number of rotatable bonds is 5. The number of nitrogens with zero attached hydrogens (tertiary/aromatic N) is 1. The van der Waals surface area contributed by atoms with E-state index in [1.165, 1.54) is 0 Å². The molecule has 0 amide bonds. The van der Waals surface area contributed by atoms with Gasteiger partial charge in [-0.2, -0.15) is 8.42 Å². The normalized spacial score (nSPS) is 11.4. The van der Waals surface area contributed by atoms with Gasteiger partial charge in [-0.1, -0.05) is 13.3 Å². The second-order valence-electron chi connectivity index (χ2n) is 3.78. The fraction of sp³-hybridized carbons (Fsp3) is 0.400. The molecular weight excluding hydrogens is 262 g/mol. The van der Waals surface area contributed by atoms with E-state index in [9.17, 15) is 23.6 Å². The number of aryl methyl sites for hydroxylation is 1. The van der Waals surface area contributed by atoms with E-state index >= 15 is 0 Å². The molecule has 7 nitrogen and oxygen atoms in total. The Balaban J connectivity index is 3.42. The Kier molecular flexibility index (Phi) is 4.25. The molecule has 1 aromatic rings. The molecule has 0 saturated carbocycles. The summed E-state index contributed by atoms with van der Waals surface area (Å²) in [5, 5.41) is 20.0. The van der Waals surface area contributed by atoms with Crippen molar-refractivity contribution in [3.05, 3.63) is 27.8 Å². The summed E-state index contributed by atoms with van der Waals surface area (Å²) in [6.07, 6.45) is 1.72. The van der Waals surface area contributed by atoms with Crippen molar-refractivity contribution in [3.63, 3.8) is 0 Å². The van der Waals surface area contributed by atoms with E-state index in [1.807, 2.05) is 6.92 Å². The van der Waals surface area contributed by atoms with Gasteiger partial charge >= 0.3 is 5.69 Å². The van der Waals surface area contributed by atoms with Crippen LogP contribution in [-0.2, 0) is 16.5 Å². The molecule has 0 saturated heterocycles. The molecular formula is C10H13NO6S. The molecule has 0 aliphatic carbocycles. The summed E-state index contributed by atoms with van der Waals surface area (Å²) in [6, 6.07) is 1.69. The Hall–Kier alpha value is -1.67. The van der Waals surface area contributed by atoms with Crippen molar-refractivity contribution in [2.75, 3.05) is 0 Å². The van der Waals surface area contributed by atoms with Crippen LogP contribution in [-0.4, -0.2) is 23.0 Å². The smallest absolute Gasteiger partial charge is 0.312 e. The highest BCUT2D eigenvalue weighted by molar-refractivity contribution is 7.85. The maximum absolute atomic E-state index is 11.2. The molecule has 100 valence electrons. The van der Waals surface area contributed by atoms with Crippen molar-refractivity contribution in [1.29, 1.82) is 0 Å².